The van der Waals surface area contributed by atoms with Gasteiger partial charge in [0.05, 0.1) is 5.75 Å². The first-order chi connectivity index (χ1) is 16.6. The van der Waals surface area contributed by atoms with Crippen LogP contribution in [0, 0.1) is 11.8 Å². The molecule has 186 valence electrons. The van der Waals surface area contributed by atoms with E-state index >= 15 is 0 Å². The van der Waals surface area contributed by atoms with Crippen molar-refractivity contribution < 1.29 is 28.0 Å². The Balaban J connectivity index is 2.01. The maximum Gasteiger partial charge on any atom is 0.275 e. The van der Waals surface area contributed by atoms with Crippen LogP contribution >= 0.6 is 0 Å². The molecule has 35 heavy (non-hydrogen) atoms. The van der Waals surface area contributed by atoms with Gasteiger partial charge in [0.2, 0.25) is 0 Å². The molecule has 3 amide bonds. The van der Waals surface area contributed by atoms with Crippen molar-refractivity contribution in [3.05, 3.63) is 70.8 Å². The van der Waals surface area contributed by atoms with Gasteiger partial charge in [0.1, 0.15) is 9.84 Å². The zero-order valence-electron chi connectivity index (χ0n) is 19.7. The highest BCUT2D eigenvalue weighted by Gasteiger charge is 2.33. The Bertz CT molecular complexity index is 1200. The van der Waals surface area contributed by atoms with E-state index in [0.29, 0.717) is 18.7 Å². The third-order valence-electron chi connectivity index (χ3n) is 4.98. The molecule has 0 radical (unpaired) electrons. The molecule has 0 fully saturated rings. The van der Waals surface area contributed by atoms with Crippen molar-refractivity contribution in [2.45, 2.75) is 12.6 Å². The van der Waals surface area contributed by atoms with Crippen molar-refractivity contribution in [3.8, 4) is 11.8 Å². The first kappa shape index (κ1) is 27.5. The highest BCUT2D eigenvalue weighted by atomic mass is 32.2. The van der Waals surface area contributed by atoms with Crippen molar-refractivity contribution in [2.24, 2.45) is 0 Å². The van der Waals surface area contributed by atoms with Crippen LogP contribution in [0.25, 0.3) is 0 Å². The van der Waals surface area contributed by atoms with Crippen molar-refractivity contribution in [1.82, 2.24) is 21.0 Å². The molecule has 2 aromatic rings. The van der Waals surface area contributed by atoms with Gasteiger partial charge < -0.3 is 15.5 Å². The molecular weight excluding hydrogens is 472 g/mol. The van der Waals surface area contributed by atoms with Crippen LogP contribution in [-0.2, 0) is 26.0 Å². The lowest BCUT2D eigenvalue weighted by Gasteiger charge is -2.25. The zero-order chi connectivity index (χ0) is 26.0. The van der Waals surface area contributed by atoms with Crippen LogP contribution in [-0.4, -0.2) is 74.9 Å². The van der Waals surface area contributed by atoms with Crippen LogP contribution in [0.2, 0.25) is 0 Å². The molecule has 0 aliphatic carbocycles. The van der Waals surface area contributed by atoms with E-state index in [4.69, 9.17) is 5.21 Å². The molecule has 11 heteroatoms. The van der Waals surface area contributed by atoms with Crippen LogP contribution in [0.3, 0.4) is 0 Å². The number of likely N-dealkylation sites (N-methyl/N-ethyl adjacent to an activating group) is 2. The summed E-state index contributed by atoms with van der Waals surface area (Å²) >= 11 is 0. The van der Waals surface area contributed by atoms with Crippen LogP contribution in [0.5, 0.6) is 0 Å². The predicted molar refractivity (Wildman–Crippen MR) is 130 cm³/mol. The molecule has 4 N–H and O–H groups in total. The van der Waals surface area contributed by atoms with E-state index in [-0.39, 0.29) is 11.3 Å². The number of carbonyl (C=O) groups is 3. The summed E-state index contributed by atoms with van der Waals surface area (Å²) in [5.74, 6) is 3.77. The van der Waals surface area contributed by atoms with Gasteiger partial charge >= 0.3 is 0 Å². The van der Waals surface area contributed by atoms with Crippen molar-refractivity contribution in [1.29, 1.82) is 0 Å². The standard InChI is InChI=1S/C24H28N4O6S/c1-25-22(29)21(23(30)27-32)28(2)24(31)20-12-10-18(11-13-20)5-4-17-6-8-19(9-7-17)16-26-14-15-35(3,33)34/h6-13,21,26,32H,14-16H2,1-3H3,(H,25,29)(H,27,30). The van der Waals surface area contributed by atoms with Gasteiger partial charge in [-0.1, -0.05) is 24.0 Å². The molecule has 1 unspecified atom stereocenters. The van der Waals surface area contributed by atoms with E-state index in [1.165, 1.54) is 38.0 Å². The van der Waals surface area contributed by atoms with Crippen LogP contribution in [0.1, 0.15) is 27.0 Å². The van der Waals surface area contributed by atoms with E-state index in [1.54, 1.807) is 12.1 Å². The Morgan fingerprint density at radius 3 is 2.00 bits per heavy atom. The largest absolute Gasteiger partial charge is 0.357 e. The second kappa shape index (κ2) is 12.7. The Labute approximate surface area is 204 Å². The summed E-state index contributed by atoms with van der Waals surface area (Å²) in [6, 6.07) is 12.4. The first-order valence-electron chi connectivity index (χ1n) is 10.6. The van der Waals surface area contributed by atoms with Crippen molar-refractivity contribution >= 4 is 27.6 Å². The highest BCUT2D eigenvalue weighted by Crippen LogP contribution is 2.10. The second-order valence-electron chi connectivity index (χ2n) is 7.74. The Kier molecular flexibility index (Phi) is 9.96. The number of amides is 3. The minimum Gasteiger partial charge on any atom is -0.357 e. The summed E-state index contributed by atoms with van der Waals surface area (Å²) in [5.41, 5.74) is 4.08. The third kappa shape index (κ3) is 8.53. The molecule has 0 saturated heterocycles. The van der Waals surface area contributed by atoms with Gasteiger partial charge in [-0.05, 0) is 42.0 Å². The topological polar surface area (TPSA) is 145 Å². The van der Waals surface area contributed by atoms with Gasteiger partial charge in [-0.2, -0.15) is 0 Å². The molecule has 0 saturated carbocycles. The van der Waals surface area contributed by atoms with E-state index in [0.717, 1.165) is 16.0 Å². The highest BCUT2D eigenvalue weighted by molar-refractivity contribution is 7.90. The van der Waals surface area contributed by atoms with Crippen molar-refractivity contribution in [2.75, 3.05) is 32.6 Å². The molecule has 2 aromatic carbocycles. The summed E-state index contributed by atoms with van der Waals surface area (Å²) in [6.45, 7) is 0.934. The predicted octanol–water partition coefficient (Wildman–Crippen LogP) is -0.0874. The molecule has 1 atom stereocenters. The second-order valence-corrected chi connectivity index (χ2v) is 10.00. The maximum atomic E-state index is 12.7. The van der Waals surface area contributed by atoms with Gasteiger partial charge in [-0.3, -0.25) is 19.6 Å². The summed E-state index contributed by atoms with van der Waals surface area (Å²) in [6.07, 6.45) is 1.20. The number of sulfone groups is 1. The summed E-state index contributed by atoms with van der Waals surface area (Å²) in [5, 5.41) is 14.2. The number of nitrogens with zero attached hydrogens (tertiary/aromatic N) is 1. The SMILES string of the molecule is CNC(=O)C(C(=O)NO)N(C)C(=O)c1ccc(C#Cc2ccc(CNCCS(C)(=O)=O)cc2)cc1. The fraction of sp³-hybridized carbons (Fsp3) is 0.292. The molecular formula is C24H28N4O6S. The van der Waals surface area contributed by atoms with Crippen molar-refractivity contribution in [3.63, 3.8) is 0 Å². The maximum absolute atomic E-state index is 12.7. The van der Waals surface area contributed by atoms with Gasteiger partial charge in [-0.25, -0.2) is 13.9 Å². The van der Waals surface area contributed by atoms with Crippen LogP contribution < -0.4 is 16.1 Å². The van der Waals surface area contributed by atoms with Gasteiger partial charge in [0.25, 0.3) is 17.7 Å². The van der Waals surface area contributed by atoms with Crippen LogP contribution in [0.15, 0.2) is 48.5 Å². The number of carbonyl (C=O) groups excluding carboxylic acids is 3. The molecule has 2 rings (SSSR count). The quantitative estimate of drug-likeness (QED) is 0.124. The fourth-order valence-electron chi connectivity index (χ4n) is 3.03. The van der Waals surface area contributed by atoms with E-state index in [2.05, 4.69) is 22.5 Å². The average Bonchev–Trinajstić information content (AvgIpc) is 2.85. The molecule has 0 heterocycles. The molecule has 0 aliphatic rings. The smallest absolute Gasteiger partial charge is 0.275 e. The number of benzene rings is 2. The lowest BCUT2D eigenvalue weighted by atomic mass is 10.1. The summed E-state index contributed by atoms with van der Waals surface area (Å²) in [7, 11) is -0.382. The van der Waals surface area contributed by atoms with Gasteiger partial charge in [0.15, 0.2) is 6.04 Å². The van der Waals surface area contributed by atoms with E-state index < -0.39 is 33.6 Å². The minimum absolute atomic E-state index is 0.0872. The van der Waals surface area contributed by atoms with E-state index in [9.17, 15) is 22.8 Å². The lowest BCUT2D eigenvalue weighted by molar-refractivity contribution is -0.140. The zero-order valence-corrected chi connectivity index (χ0v) is 20.5. The minimum atomic E-state index is -2.99. The first-order valence-corrected chi connectivity index (χ1v) is 12.6. The third-order valence-corrected chi connectivity index (χ3v) is 5.92. The number of hydrogen-bond acceptors (Lipinski definition) is 7. The summed E-state index contributed by atoms with van der Waals surface area (Å²) in [4.78, 5) is 37.4. The Hall–Kier alpha value is -3.72. The number of nitrogens with one attached hydrogen (secondary N) is 3. The summed E-state index contributed by atoms with van der Waals surface area (Å²) < 4.78 is 22.3. The molecule has 10 nitrogen and oxygen atoms in total. The molecule has 0 spiro atoms. The molecule has 0 aromatic heterocycles. The number of hydrogen-bond donors (Lipinski definition) is 4. The fourth-order valence-corrected chi connectivity index (χ4v) is 3.54. The molecule has 0 aliphatic heterocycles. The average molecular weight is 501 g/mol. The lowest BCUT2D eigenvalue weighted by Crippen LogP contribution is -2.54. The monoisotopic (exact) mass is 500 g/mol. The van der Waals surface area contributed by atoms with Gasteiger partial charge in [-0.15, -0.1) is 0 Å². The Morgan fingerprint density at radius 1 is 0.971 bits per heavy atom. The Morgan fingerprint density at radius 2 is 1.51 bits per heavy atom. The number of rotatable bonds is 9. The van der Waals surface area contributed by atoms with Crippen LogP contribution in [0.4, 0.5) is 0 Å². The molecule has 0 bridgehead atoms. The van der Waals surface area contributed by atoms with E-state index in [1.807, 2.05) is 24.3 Å². The number of hydroxylamine groups is 1. The van der Waals surface area contributed by atoms with Gasteiger partial charge in [0, 0.05) is 50.1 Å². The normalized spacial score (nSPS) is 11.5.